The molecule has 2 aromatic rings. The van der Waals surface area contributed by atoms with E-state index < -0.39 is 10.0 Å². The van der Waals surface area contributed by atoms with E-state index in [1.165, 1.54) is 34.0 Å². The van der Waals surface area contributed by atoms with Crippen molar-refractivity contribution in [2.75, 3.05) is 31.6 Å². The monoisotopic (exact) mass is 401 g/mol. The Kier molecular flexibility index (Phi) is 5.40. The number of hydrogen-bond donors (Lipinski definition) is 1. The van der Waals surface area contributed by atoms with Crippen LogP contribution in [0.3, 0.4) is 0 Å². The molecule has 134 valence electrons. The van der Waals surface area contributed by atoms with Crippen LogP contribution in [0.1, 0.15) is 14.7 Å². The zero-order chi connectivity index (χ0) is 18.0. The van der Waals surface area contributed by atoms with Crippen molar-refractivity contribution in [3.63, 3.8) is 0 Å². The third kappa shape index (κ3) is 4.01. The lowest BCUT2D eigenvalue weighted by Crippen LogP contribution is -2.40. The number of aromatic nitrogens is 1. The van der Waals surface area contributed by atoms with E-state index in [1.807, 2.05) is 0 Å². The molecule has 1 aliphatic rings. The molecule has 0 spiro atoms. The molecule has 0 bridgehead atoms. The van der Waals surface area contributed by atoms with Gasteiger partial charge < -0.3 is 10.1 Å². The van der Waals surface area contributed by atoms with Crippen molar-refractivity contribution < 1.29 is 17.9 Å². The van der Waals surface area contributed by atoms with Gasteiger partial charge in [-0.15, -0.1) is 11.3 Å². The minimum atomic E-state index is -3.75. The van der Waals surface area contributed by atoms with E-state index in [2.05, 4.69) is 10.3 Å². The molecule has 10 heteroatoms. The SMILES string of the molecule is Cc1ncc(C(=O)Nc2ccc(Cl)c(S(=O)(=O)N3CCOCC3)c2)s1. The molecule has 0 aliphatic carbocycles. The number of nitrogens with zero attached hydrogens (tertiary/aromatic N) is 2. The molecule has 1 saturated heterocycles. The predicted octanol–water partition coefficient (Wildman–Crippen LogP) is 2.38. The summed E-state index contributed by atoms with van der Waals surface area (Å²) in [4.78, 5) is 16.7. The topological polar surface area (TPSA) is 88.6 Å². The Hall–Kier alpha value is -1.52. The lowest BCUT2D eigenvalue weighted by molar-refractivity contribution is 0.0730. The van der Waals surface area contributed by atoms with Gasteiger partial charge in [0.2, 0.25) is 10.0 Å². The number of ether oxygens (including phenoxy) is 1. The Morgan fingerprint density at radius 1 is 1.36 bits per heavy atom. The van der Waals surface area contributed by atoms with E-state index in [1.54, 1.807) is 13.0 Å². The summed E-state index contributed by atoms with van der Waals surface area (Å²) in [7, 11) is -3.75. The van der Waals surface area contributed by atoms with Gasteiger partial charge in [0.1, 0.15) is 9.77 Å². The van der Waals surface area contributed by atoms with Crippen molar-refractivity contribution in [1.82, 2.24) is 9.29 Å². The van der Waals surface area contributed by atoms with Crippen LogP contribution in [0.25, 0.3) is 0 Å². The van der Waals surface area contributed by atoms with Gasteiger partial charge >= 0.3 is 0 Å². The number of rotatable bonds is 4. The number of morpholine rings is 1. The number of anilines is 1. The van der Waals surface area contributed by atoms with Crippen LogP contribution in [0.2, 0.25) is 5.02 Å². The Labute approximate surface area is 154 Å². The molecule has 7 nitrogen and oxygen atoms in total. The molecular formula is C15H16ClN3O4S2. The second kappa shape index (κ2) is 7.38. The minimum Gasteiger partial charge on any atom is -0.379 e. The molecule has 3 rings (SSSR count). The zero-order valence-corrected chi connectivity index (χ0v) is 15.7. The first-order valence-electron chi connectivity index (χ1n) is 7.49. The molecule has 2 heterocycles. The molecule has 0 unspecified atom stereocenters. The van der Waals surface area contributed by atoms with Crippen molar-refractivity contribution in [1.29, 1.82) is 0 Å². The molecule has 1 aliphatic heterocycles. The van der Waals surface area contributed by atoms with Gasteiger partial charge in [-0.05, 0) is 25.1 Å². The number of hydrogen-bond acceptors (Lipinski definition) is 6. The first-order chi connectivity index (χ1) is 11.9. The maximum absolute atomic E-state index is 12.8. The smallest absolute Gasteiger partial charge is 0.267 e. The summed E-state index contributed by atoms with van der Waals surface area (Å²) >= 11 is 7.36. The fourth-order valence-corrected chi connectivity index (χ4v) is 4.95. The highest BCUT2D eigenvalue weighted by molar-refractivity contribution is 7.89. The van der Waals surface area contributed by atoms with E-state index in [9.17, 15) is 13.2 Å². The predicted molar refractivity (Wildman–Crippen MR) is 95.8 cm³/mol. The summed E-state index contributed by atoms with van der Waals surface area (Å²) in [6.07, 6.45) is 1.48. The maximum Gasteiger partial charge on any atom is 0.267 e. The van der Waals surface area contributed by atoms with Gasteiger partial charge in [0.05, 0.1) is 29.4 Å². The Bertz CT molecular complexity index is 892. The third-order valence-corrected chi connectivity index (χ3v) is 6.91. The Morgan fingerprint density at radius 2 is 2.08 bits per heavy atom. The highest BCUT2D eigenvalue weighted by atomic mass is 35.5. The quantitative estimate of drug-likeness (QED) is 0.849. The van der Waals surface area contributed by atoms with Crippen molar-refractivity contribution in [3.8, 4) is 0 Å². The number of nitrogens with one attached hydrogen (secondary N) is 1. The van der Waals surface area contributed by atoms with Crippen LogP contribution in [0, 0.1) is 6.92 Å². The van der Waals surface area contributed by atoms with Crippen LogP contribution < -0.4 is 5.32 Å². The first kappa shape index (κ1) is 18.3. The molecule has 1 amide bonds. The fourth-order valence-electron chi connectivity index (χ4n) is 2.36. The van der Waals surface area contributed by atoms with E-state index in [0.29, 0.717) is 23.8 Å². The number of thiazole rings is 1. The summed E-state index contributed by atoms with van der Waals surface area (Å²) in [5.74, 6) is -0.345. The van der Waals surface area contributed by atoms with E-state index >= 15 is 0 Å². The molecule has 25 heavy (non-hydrogen) atoms. The third-order valence-electron chi connectivity index (χ3n) is 3.62. The van der Waals surface area contributed by atoms with Gasteiger partial charge in [0, 0.05) is 18.8 Å². The van der Waals surface area contributed by atoms with Crippen molar-refractivity contribution in [2.24, 2.45) is 0 Å². The number of carbonyl (C=O) groups excluding carboxylic acids is 1. The van der Waals surface area contributed by atoms with Crippen LogP contribution in [-0.4, -0.2) is 49.9 Å². The van der Waals surface area contributed by atoms with Gasteiger partial charge in [0.25, 0.3) is 5.91 Å². The summed E-state index contributed by atoms with van der Waals surface area (Å²) < 4.78 is 32.1. The van der Waals surface area contributed by atoms with Gasteiger partial charge in [-0.3, -0.25) is 4.79 Å². The van der Waals surface area contributed by atoms with Crippen LogP contribution in [-0.2, 0) is 14.8 Å². The fraction of sp³-hybridized carbons (Fsp3) is 0.333. The summed E-state index contributed by atoms with van der Waals surface area (Å²) in [6.45, 7) is 3.04. The van der Waals surface area contributed by atoms with Crippen molar-refractivity contribution in [2.45, 2.75) is 11.8 Å². The summed E-state index contributed by atoms with van der Waals surface area (Å²) in [5, 5.41) is 3.56. The molecule has 0 radical (unpaired) electrons. The maximum atomic E-state index is 12.8. The molecular weight excluding hydrogens is 386 g/mol. The lowest BCUT2D eigenvalue weighted by Gasteiger charge is -2.26. The minimum absolute atomic E-state index is 0.0330. The van der Waals surface area contributed by atoms with Gasteiger partial charge in [0.15, 0.2) is 0 Å². The molecule has 1 N–H and O–H groups in total. The van der Waals surface area contributed by atoms with Crippen LogP contribution in [0.5, 0.6) is 0 Å². The van der Waals surface area contributed by atoms with Crippen LogP contribution >= 0.6 is 22.9 Å². The second-order valence-corrected chi connectivity index (χ2v) is 8.91. The number of aryl methyl sites for hydroxylation is 1. The zero-order valence-electron chi connectivity index (χ0n) is 13.4. The highest BCUT2D eigenvalue weighted by Gasteiger charge is 2.28. The highest BCUT2D eigenvalue weighted by Crippen LogP contribution is 2.28. The molecule has 1 fully saturated rings. The van der Waals surface area contributed by atoms with E-state index in [-0.39, 0.29) is 28.9 Å². The van der Waals surface area contributed by atoms with E-state index in [4.69, 9.17) is 16.3 Å². The molecule has 0 atom stereocenters. The first-order valence-corrected chi connectivity index (χ1v) is 10.1. The summed E-state index contributed by atoms with van der Waals surface area (Å²) in [6, 6.07) is 4.40. The second-order valence-electron chi connectivity index (χ2n) is 5.36. The lowest BCUT2D eigenvalue weighted by atomic mass is 10.3. The van der Waals surface area contributed by atoms with Crippen LogP contribution in [0.4, 0.5) is 5.69 Å². The van der Waals surface area contributed by atoms with Gasteiger partial charge in [-0.1, -0.05) is 11.6 Å². The number of carbonyl (C=O) groups is 1. The number of benzene rings is 1. The Morgan fingerprint density at radius 3 is 2.72 bits per heavy atom. The standard InChI is InChI=1S/C15H16ClN3O4S2/c1-10-17-9-13(24-10)15(20)18-11-2-3-12(16)14(8-11)25(21,22)19-4-6-23-7-5-19/h2-3,8-9H,4-7H2,1H3,(H,18,20). The van der Waals surface area contributed by atoms with Crippen LogP contribution in [0.15, 0.2) is 29.3 Å². The van der Waals surface area contributed by atoms with Crippen molar-refractivity contribution in [3.05, 3.63) is 39.3 Å². The molecule has 0 saturated carbocycles. The summed E-state index contributed by atoms with van der Waals surface area (Å²) in [5.41, 5.74) is 0.354. The number of amides is 1. The van der Waals surface area contributed by atoms with Crippen molar-refractivity contribution >= 4 is 44.6 Å². The average molecular weight is 402 g/mol. The molecule has 1 aromatic heterocycles. The van der Waals surface area contributed by atoms with Gasteiger partial charge in [-0.25, -0.2) is 13.4 Å². The van der Waals surface area contributed by atoms with Gasteiger partial charge in [-0.2, -0.15) is 4.31 Å². The largest absolute Gasteiger partial charge is 0.379 e. The number of halogens is 1. The normalized spacial score (nSPS) is 15.9. The average Bonchev–Trinajstić information content (AvgIpc) is 3.04. The Balaban J connectivity index is 1.86. The molecule has 1 aromatic carbocycles. The van der Waals surface area contributed by atoms with E-state index in [0.717, 1.165) is 5.01 Å². The number of sulfonamides is 1.